The Kier molecular flexibility index (Phi) is 3.33. The highest BCUT2D eigenvalue weighted by Gasteiger charge is 2.19. The van der Waals surface area contributed by atoms with Crippen LogP contribution < -0.4 is 10.4 Å². The van der Waals surface area contributed by atoms with Gasteiger partial charge in [-0.2, -0.15) is 0 Å². The number of ether oxygens (including phenoxy) is 2. The van der Waals surface area contributed by atoms with Gasteiger partial charge in [-0.05, 0) is 18.6 Å². The molecule has 0 unspecified atom stereocenters. The Morgan fingerprint density at radius 3 is 2.59 bits per heavy atom. The first-order valence-corrected chi connectivity index (χ1v) is 6.69. The summed E-state index contributed by atoms with van der Waals surface area (Å²) in [6.45, 7) is 1.83. The van der Waals surface area contributed by atoms with Crippen molar-refractivity contribution in [3.63, 3.8) is 0 Å². The van der Waals surface area contributed by atoms with Crippen molar-refractivity contribution in [3.05, 3.63) is 51.9 Å². The van der Waals surface area contributed by atoms with E-state index in [9.17, 15) is 9.59 Å². The number of hydrogen-bond donors (Lipinski definition) is 0. The predicted molar refractivity (Wildman–Crippen MR) is 82.6 cm³/mol. The first-order chi connectivity index (χ1) is 10.6. The van der Waals surface area contributed by atoms with E-state index < -0.39 is 11.6 Å². The van der Waals surface area contributed by atoms with Crippen LogP contribution in [-0.4, -0.2) is 20.2 Å². The van der Waals surface area contributed by atoms with Gasteiger partial charge >= 0.3 is 11.6 Å². The monoisotopic (exact) mass is 298 g/mol. The van der Waals surface area contributed by atoms with Crippen molar-refractivity contribution < 1.29 is 18.7 Å². The molecule has 0 bridgehead atoms. The maximum absolute atomic E-state index is 12.2. The van der Waals surface area contributed by atoms with Crippen molar-refractivity contribution in [2.24, 2.45) is 0 Å². The molecule has 0 radical (unpaired) electrons. The minimum absolute atomic E-state index is 0.294. The molecule has 0 atom stereocenters. The maximum atomic E-state index is 12.2. The van der Waals surface area contributed by atoms with Crippen LogP contribution in [0.2, 0.25) is 0 Å². The van der Waals surface area contributed by atoms with E-state index in [0.717, 1.165) is 5.56 Å². The van der Waals surface area contributed by atoms with E-state index in [4.69, 9.17) is 13.9 Å². The highest BCUT2D eigenvalue weighted by atomic mass is 16.5. The third kappa shape index (κ3) is 2.02. The zero-order valence-electron chi connectivity index (χ0n) is 12.4. The van der Waals surface area contributed by atoms with Crippen LogP contribution in [0, 0.1) is 6.92 Å². The maximum Gasteiger partial charge on any atom is 0.344 e. The van der Waals surface area contributed by atoms with Gasteiger partial charge < -0.3 is 13.9 Å². The molecular formula is C17H14O5. The number of aryl methyl sites for hydroxylation is 1. The third-order valence-corrected chi connectivity index (χ3v) is 3.67. The van der Waals surface area contributed by atoms with E-state index in [0.29, 0.717) is 33.1 Å². The van der Waals surface area contributed by atoms with Gasteiger partial charge in [-0.1, -0.05) is 18.2 Å². The zero-order chi connectivity index (χ0) is 15.9. The first kappa shape index (κ1) is 14.1. The second-order valence-corrected chi connectivity index (χ2v) is 4.93. The normalized spacial score (nSPS) is 10.9. The van der Waals surface area contributed by atoms with E-state index in [-0.39, 0.29) is 0 Å². The van der Waals surface area contributed by atoms with Crippen molar-refractivity contribution in [2.75, 3.05) is 14.2 Å². The molecule has 2 aromatic carbocycles. The van der Waals surface area contributed by atoms with Crippen molar-refractivity contribution >= 4 is 27.7 Å². The Labute approximate surface area is 126 Å². The minimum Gasteiger partial charge on any atom is -0.497 e. The van der Waals surface area contributed by atoms with E-state index in [2.05, 4.69) is 0 Å². The summed E-state index contributed by atoms with van der Waals surface area (Å²) >= 11 is 0. The summed E-state index contributed by atoms with van der Waals surface area (Å²) < 4.78 is 15.4. The number of methoxy groups -OCH3 is 2. The number of hydrogen-bond acceptors (Lipinski definition) is 5. The molecule has 0 amide bonds. The summed E-state index contributed by atoms with van der Waals surface area (Å²) in [5.41, 5.74) is 0.948. The average Bonchev–Trinajstić information content (AvgIpc) is 2.52. The highest BCUT2D eigenvalue weighted by molar-refractivity contribution is 6.15. The molecule has 0 saturated carbocycles. The highest BCUT2D eigenvalue weighted by Crippen LogP contribution is 2.31. The molecule has 0 N–H and O–H groups in total. The molecular weight excluding hydrogens is 284 g/mol. The SMILES string of the molecule is COC(=O)c1cc(OC)cc2oc(=O)c3c(C)cccc3c12. The molecule has 0 aliphatic rings. The first-order valence-electron chi connectivity index (χ1n) is 6.69. The fourth-order valence-electron chi connectivity index (χ4n) is 2.64. The summed E-state index contributed by atoms with van der Waals surface area (Å²) in [6.07, 6.45) is 0. The molecule has 3 rings (SSSR count). The Bertz CT molecular complexity index is 953. The number of benzene rings is 2. The fourth-order valence-corrected chi connectivity index (χ4v) is 2.64. The van der Waals surface area contributed by atoms with Gasteiger partial charge in [0.1, 0.15) is 11.3 Å². The van der Waals surface area contributed by atoms with Crippen molar-refractivity contribution in [3.8, 4) is 5.75 Å². The smallest absolute Gasteiger partial charge is 0.344 e. The number of fused-ring (bicyclic) bond motifs is 3. The summed E-state index contributed by atoms with van der Waals surface area (Å²) in [5, 5.41) is 1.67. The largest absolute Gasteiger partial charge is 0.497 e. The molecule has 22 heavy (non-hydrogen) atoms. The van der Waals surface area contributed by atoms with Gasteiger partial charge in [-0.15, -0.1) is 0 Å². The molecule has 5 heteroatoms. The Hall–Kier alpha value is -2.82. The van der Waals surface area contributed by atoms with Crippen LogP contribution >= 0.6 is 0 Å². The molecule has 1 heterocycles. The van der Waals surface area contributed by atoms with Gasteiger partial charge in [0.2, 0.25) is 0 Å². The lowest BCUT2D eigenvalue weighted by Crippen LogP contribution is -2.07. The zero-order valence-corrected chi connectivity index (χ0v) is 12.4. The molecule has 5 nitrogen and oxygen atoms in total. The molecule has 0 spiro atoms. The van der Waals surface area contributed by atoms with Crippen LogP contribution in [0.5, 0.6) is 5.75 Å². The van der Waals surface area contributed by atoms with Crippen LogP contribution in [0.15, 0.2) is 39.5 Å². The van der Waals surface area contributed by atoms with Gasteiger partial charge in [0, 0.05) is 16.8 Å². The van der Waals surface area contributed by atoms with Crippen LogP contribution in [0.25, 0.3) is 21.7 Å². The third-order valence-electron chi connectivity index (χ3n) is 3.67. The van der Waals surface area contributed by atoms with Crippen molar-refractivity contribution in [1.82, 2.24) is 0 Å². The van der Waals surface area contributed by atoms with Crippen LogP contribution in [0.4, 0.5) is 0 Å². The number of carbonyl (C=O) groups is 1. The van der Waals surface area contributed by atoms with E-state index in [1.54, 1.807) is 18.2 Å². The number of rotatable bonds is 2. The fraction of sp³-hybridized carbons (Fsp3) is 0.176. The summed E-state index contributed by atoms with van der Waals surface area (Å²) in [5.74, 6) is -0.0939. The van der Waals surface area contributed by atoms with Crippen LogP contribution in [0.3, 0.4) is 0 Å². The lowest BCUT2D eigenvalue weighted by atomic mass is 10.00. The molecule has 112 valence electrons. The quantitative estimate of drug-likeness (QED) is 0.413. The average molecular weight is 298 g/mol. The van der Waals surface area contributed by atoms with Crippen molar-refractivity contribution in [2.45, 2.75) is 6.92 Å². The summed E-state index contributed by atoms with van der Waals surface area (Å²) in [6, 6.07) is 8.62. The van der Waals surface area contributed by atoms with Gasteiger partial charge in [0.25, 0.3) is 0 Å². The molecule has 0 aliphatic carbocycles. The van der Waals surface area contributed by atoms with Crippen LogP contribution in [0.1, 0.15) is 15.9 Å². The topological polar surface area (TPSA) is 65.7 Å². The standard InChI is InChI=1S/C17H14O5/c1-9-5-4-6-11-14(9)17(19)22-13-8-10(20-2)7-12(15(11)13)16(18)21-3/h4-8H,1-3H3. The second kappa shape index (κ2) is 5.18. The van der Waals surface area contributed by atoms with Gasteiger partial charge in [-0.25, -0.2) is 9.59 Å². The lowest BCUT2D eigenvalue weighted by molar-refractivity contribution is 0.0602. The lowest BCUT2D eigenvalue weighted by Gasteiger charge is -2.10. The molecule has 0 aliphatic heterocycles. The summed E-state index contributed by atoms with van der Waals surface area (Å²) in [7, 11) is 2.78. The second-order valence-electron chi connectivity index (χ2n) is 4.93. The van der Waals surface area contributed by atoms with E-state index in [1.165, 1.54) is 14.2 Å². The molecule has 1 aromatic heterocycles. The number of carbonyl (C=O) groups excluding carboxylic acids is 1. The van der Waals surface area contributed by atoms with E-state index >= 15 is 0 Å². The van der Waals surface area contributed by atoms with Gasteiger partial charge in [-0.3, -0.25) is 0 Å². The predicted octanol–water partition coefficient (Wildman–Crippen LogP) is 3.05. The van der Waals surface area contributed by atoms with Crippen molar-refractivity contribution in [1.29, 1.82) is 0 Å². The van der Waals surface area contributed by atoms with Crippen LogP contribution in [-0.2, 0) is 4.74 Å². The van der Waals surface area contributed by atoms with Gasteiger partial charge in [0.15, 0.2) is 0 Å². The van der Waals surface area contributed by atoms with Gasteiger partial charge in [0.05, 0.1) is 25.2 Å². The molecule has 3 aromatic rings. The Balaban J connectivity index is 2.59. The molecule has 0 saturated heterocycles. The minimum atomic E-state index is -0.513. The summed E-state index contributed by atoms with van der Waals surface area (Å²) in [4.78, 5) is 24.4. The Morgan fingerprint density at radius 2 is 1.91 bits per heavy atom. The van der Waals surface area contributed by atoms with E-state index in [1.807, 2.05) is 19.1 Å². The number of esters is 1. The Morgan fingerprint density at radius 1 is 1.14 bits per heavy atom. The molecule has 0 fully saturated rings.